The number of fused-ring (bicyclic) bond motifs is 2. The van der Waals surface area contributed by atoms with Crippen LogP contribution >= 0.6 is 0 Å². The molecule has 37 heavy (non-hydrogen) atoms. The van der Waals surface area contributed by atoms with Crippen molar-refractivity contribution in [3.63, 3.8) is 0 Å². The van der Waals surface area contributed by atoms with E-state index in [9.17, 15) is 17.6 Å². The lowest BCUT2D eigenvalue weighted by molar-refractivity contribution is -0.183. The first-order valence-electron chi connectivity index (χ1n) is 11.8. The monoisotopic (exact) mass is 518 g/mol. The van der Waals surface area contributed by atoms with Gasteiger partial charge in [-0.25, -0.2) is 9.37 Å². The van der Waals surface area contributed by atoms with Crippen LogP contribution in [0.2, 0.25) is 0 Å². The highest BCUT2D eigenvalue weighted by Gasteiger charge is 2.46. The molecule has 12 heteroatoms. The fourth-order valence-electron chi connectivity index (χ4n) is 4.72. The average molecular weight is 519 g/mol. The van der Waals surface area contributed by atoms with Crippen molar-refractivity contribution in [2.75, 3.05) is 26.8 Å². The Labute approximate surface area is 210 Å². The predicted molar refractivity (Wildman–Crippen MR) is 129 cm³/mol. The third-order valence-corrected chi connectivity index (χ3v) is 6.37. The summed E-state index contributed by atoms with van der Waals surface area (Å²) in [6, 6.07) is 6.90. The Balaban J connectivity index is 1.54. The van der Waals surface area contributed by atoms with E-state index in [0.717, 1.165) is 0 Å². The summed E-state index contributed by atoms with van der Waals surface area (Å²) in [4.78, 5) is 5.94. The summed E-state index contributed by atoms with van der Waals surface area (Å²) in [6.45, 7) is 2.45. The number of aromatic nitrogens is 4. The molecule has 0 saturated carbocycles. The van der Waals surface area contributed by atoms with Crippen molar-refractivity contribution in [2.24, 2.45) is 5.73 Å². The minimum absolute atomic E-state index is 0.0203. The summed E-state index contributed by atoms with van der Waals surface area (Å²) in [5, 5.41) is 8.80. The smallest absolute Gasteiger partial charge is 0.408 e. The van der Waals surface area contributed by atoms with Crippen LogP contribution < -0.4 is 10.5 Å². The Morgan fingerprint density at radius 2 is 1.97 bits per heavy atom. The minimum Gasteiger partial charge on any atom is -0.485 e. The SMILES string of the molecule is COCC(C)Oc1cc2nc(-c3nnc4ccc(C(N5CCC(N)C5)C(F)(F)F)cn34)ccc2cc1F. The van der Waals surface area contributed by atoms with Gasteiger partial charge >= 0.3 is 6.18 Å². The molecule has 4 heterocycles. The summed E-state index contributed by atoms with van der Waals surface area (Å²) >= 11 is 0. The molecule has 8 nitrogen and oxygen atoms in total. The lowest BCUT2D eigenvalue weighted by Gasteiger charge is -2.30. The van der Waals surface area contributed by atoms with E-state index in [0.29, 0.717) is 28.7 Å². The third kappa shape index (κ3) is 5.09. The van der Waals surface area contributed by atoms with Gasteiger partial charge in [0.1, 0.15) is 17.8 Å². The Bertz CT molecular complexity index is 1430. The third-order valence-electron chi connectivity index (χ3n) is 6.37. The van der Waals surface area contributed by atoms with Crippen LogP contribution in [0.3, 0.4) is 0 Å². The first kappa shape index (κ1) is 25.3. The van der Waals surface area contributed by atoms with Crippen molar-refractivity contribution in [2.45, 2.75) is 37.7 Å². The van der Waals surface area contributed by atoms with Gasteiger partial charge in [-0.3, -0.25) is 9.30 Å². The van der Waals surface area contributed by atoms with Crippen LogP contribution in [0.15, 0.2) is 42.6 Å². The van der Waals surface area contributed by atoms with E-state index in [4.69, 9.17) is 15.2 Å². The molecular formula is C25H26F4N6O2. The fraction of sp³-hybridized carbons (Fsp3) is 0.400. The molecule has 0 amide bonds. The molecule has 3 aromatic heterocycles. The van der Waals surface area contributed by atoms with Crippen molar-refractivity contribution in [3.05, 3.63) is 54.0 Å². The Hall–Kier alpha value is -3.35. The molecule has 3 atom stereocenters. The van der Waals surface area contributed by atoms with Gasteiger partial charge in [-0.2, -0.15) is 13.2 Å². The number of alkyl halides is 3. The molecule has 1 aliphatic heterocycles. The number of pyridine rings is 2. The molecule has 1 aliphatic rings. The molecule has 4 aromatic rings. The highest BCUT2D eigenvalue weighted by Crippen LogP contribution is 2.39. The molecule has 1 fully saturated rings. The van der Waals surface area contributed by atoms with Crippen LogP contribution in [-0.2, 0) is 4.74 Å². The average Bonchev–Trinajstić information content (AvgIpc) is 3.44. The van der Waals surface area contributed by atoms with Crippen LogP contribution in [0.5, 0.6) is 5.75 Å². The van der Waals surface area contributed by atoms with Crippen LogP contribution in [0.4, 0.5) is 17.6 Å². The number of nitrogens with two attached hydrogens (primary N) is 1. The highest BCUT2D eigenvalue weighted by atomic mass is 19.4. The van der Waals surface area contributed by atoms with E-state index in [1.54, 1.807) is 19.1 Å². The maximum atomic E-state index is 14.5. The van der Waals surface area contributed by atoms with Gasteiger partial charge in [0, 0.05) is 43.9 Å². The number of ether oxygens (including phenoxy) is 2. The topological polar surface area (TPSA) is 90.8 Å². The van der Waals surface area contributed by atoms with E-state index >= 15 is 0 Å². The van der Waals surface area contributed by atoms with Crippen LogP contribution in [-0.4, -0.2) is 69.6 Å². The number of methoxy groups -OCH3 is 1. The van der Waals surface area contributed by atoms with Gasteiger partial charge < -0.3 is 15.2 Å². The number of benzene rings is 1. The number of rotatable bonds is 7. The van der Waals surface area contributed by atoms with Gasteiger partial charge in [0.15, 0.2) is 23.0 Å². The van der Waals surface area contributed by atoms with Gasteiger partial charge in [0.05, 0.1) is 12.1 Å². The number of nitrogens with zero attached hydrogens (tertiary/aromatic N) is 5. The normalized spacial score (nSPS) is 18.5. The second kappa shape index (κ2) is 9.84. The first-order valence-corrected chi connectivity index (χ1v) is 11.8. The second-order valence-corrected chi connectivity index (χ2v) is 9.26. The van der Waals surface area contributed by atoms with Gasteiger partial charge in [-0.15, -0.1) is 10.2 Å². The van der Waals surface area contributed by atoms with E-state index in [1.165, 1.54) is 46.9 Å². The summed E-state index contributed by atoms with van der Waals surface area (Å²) in [5.74, 6) is -0.258. The lowest BCUT2D eigenvalue weighted by atomic mass is 10.1. The van der Waals surface area contributed by atoms with Gasteiger partial charge in [0.25, 0.3) is 0 Å². The lowest BCUT2D eigenvalue weighted by Crippen LogP contribution is -2.38. The maximum absolute atomic E-state index is 14.5. The molecule has 5 rings (SSSR count). The van der Waals surface area contributed by atoms with E-state index < -0.39 is 18.0 Å². The van der Waals surface area contributed by atoms with Gasteiger partial charge in [-0.05, 0) is 37.1 Å². The van der Waals surface area contributed by atoms with Crippen molar-refractivity contribution in [1.82, 2.24) is 24.5 Å². The van der Waals surface area contributed by atoms with E-state index in [2.05, 4.69) is 15.2 Å². The molecule has 0 spiro atoms. The van der Waals surface area contributed by atoms with Crippen molar-refractivity contribution in [3.8, 4) is 17.3 Å². The highest BCUT2D eigenvalue weighted by molar-refractivity contribution is 5.82. The van der Waals surface area contributed by atoms with Crippen LogP contribution in [0.1, 0.15) is 24.9 Å². The molecule has 3 unspecified atom stereocenters. The number of hydrogen-bond acceptors (Lipinski definition) is 7. The maximum Gasteiger partial charge on any atom is 0.408 e. The molecule has 2 N–H and O–H groups in total. The Kier molecular flexibility index (Phi) is 6.73. The number of likely N-dealkylation sites (tertiary alicyclic amines) is 1. The largest absolute Gasteiger partial charge is 0.485 e. The summed E-state index contributed by atoms with van der Waals surface area (Å²) in [5.41, 5.74) is 7.11. The minimum atomic E-state index is -4.49. The molecule has 1 aromatic carbocycles. The van der Waals surface area contributed by atoms with Crippen LogP contribution in [0.25, 0.3) is 28.1 Å². The Morgan fingerprint density at radius 1 is 1.16 bits per heavy atom. The van der Waals surface area contributed by atoms with E-state index in [1.807, 2.05) is 0 Å². The molecule has 196 valence electrons. The fourth-order valence-corrected chi connectivity index (χ4v) is 4.72. The zero-order chi connectivity index (χ0) is 26.3. The van der Waals surface area contributed by atoms with Crippen molar-refractivity contribution >= 4 is 16.6 Å². The van der Waals surface area contributed by atoms with E-state index in [-0.39, 0.29) is 49.0 Å². The molecule has 1 saturated heterocycles. The summed E-state index contributed by atoms with van der Waals surface area (Å²) in [7, 11) is 1.52. The van der Waals surface area contributed by atoms with Crippen molar-refractivity contribution in [1.29, 1.82) is 0 Å². The standard InChI is InChI=1S/C25H26F4N6O2/c1-14(13-36-2)37-21-10-20-15(9-18(21)26)3-5-19(31-20)24-33-32-22-6-4-16(11-35(22)24)23(25(27,28)29)34-8-7-17(30)12-34/h3-6,9-11,14,17,23H,7-8,12-13,30H2,1-2H3. The molecule has 0 radical (unpaired) electrons. The molecular weight excluding hydrogens is 492 g/mol. The summed E-state index contributed by atoms with van der Waals surface area (Å²) < 4.78 is 69.1. The van der Waals surface area contributed by atoms with Gasteiger partial charge in [0.2, 0.25) is 0 Å². The molecule has 0 bridgehead atoms. The van der Waals surface area contributed by atoms with Gasteiger partial charge in [-0.1, -0.05) is 12.1 Å². The number of hydrogen-bond donors (Lipinski definition) is 1. The van der Waals surface area contributed by atoms with Crippen LogP contribution in [0, 0.1) is 5.82 Å². The first-order chi connectivity index (χ1) is 17.6. The zero-order valence-electron chi connectivity index (χ0n) is 20.2. The number of halogens is 4. The quantitative estimate of drug-likeness (QED) is 0.368. The molecule has 0 aliphatic carbocycles. The zero-order valence-corrected chi connectivity index (χ0v) is 20.2. The predicted octanol–water partition coefficient (Wildman–Crippen LogP) is 4.13. The summed E-state index contributed by atoms with van der Waals surface area (Å²) in [6.07, 6.45) is -2.98. The van der Waals surface area contributed by atoms with Crippen molar-refractivity contribution < 1.29 is 27.0 Å². The second-order valence-electron chi connectivity index (χ2n) is 9.26. The Morgan fingerprint density at radius 3 is 2.68 bits per heavy atom.